The number of hydrogen-bond donors (Lipinski definition) is 1. The van der Waals surface area contributed by atoms with E-state index in [9.17, 15) is 0 Å². The normalized spacial score (nSPS) is 10.7. The Kier molecular flexibility index (Phi) is 3.87. The molecule has 0 bridgehead atoms. The summed E-state index contributed by atoms with van der Waals surface area (Å²) >= 11 is 2.35. The molecule has 100 valence electrons. The molecule has 0 aliphatic heterocycles. The lowest BCUT2D eigenvalue weighted by atomic mass is 10.1. The van der Waals surface area contributed by atoms with E-state index in [1.807, 2.05) is 13.0 Å². The summed E-state index contributed by atoms with van der Waals surface area (Å²) < 4.78 is 1.24. The Labute approximate surface area is 132 Å². The van der Waals surface area contributed by atoms with Gasteiger partial charge in [-0.15, -0.1) is 0 Å². The van der Waals surface area contributed by atoms with Gasteiger partial charge in [0.25, 0.3) is 0 Å². The summed E-state index contributed by atoms with van der Waals surface area (Å²) in [5.74, 6) is 0. The first-order valence-corrected chi connectivity index (χ1v) is 7.65. The van der Waals surface area contributed by atoms with E-state index < -0.39 is 0 Å². The second-order valence-corrected chi connectivity index (χ2v) is 5.94. The Morgan fingerprint density at radius 3 is 2.65 bits per heavy atom. The molecule has 0 radical (unpaired) electrons. The fourth-order valence-corrected chi connectivity index (χ4v) is 2.91. The van der Waals surface area contributed by atoms with Crippen molar-refractivity contribution in [2.24, 2.45) is 0 Å². The molecule has 0 aliphatic rings. The third-order valence-electron chi connectivity index (χ3n) is 3.27. The molecule has 1 N–H and O–H groups in total. The molecule has 0 amide bonds. The molecule has 0 fully saturated rings. The smallest absolute Gasteiger partial charge is 0.0708 e. The highest BCUT2D eigenvalue weighted by molar-refractivity contribution is 14.1. The molecule has 0 atom stereocenters. The number of aromatic nitrogens is 1. The molecule has 0 unspecified atom stereocenters. The van der Waals surface area contributed by atoms with E-state index in [2.05, 4.69) is 81.4 Å². The van der Waals surface area contributed by atoms with Gasteiger partial charge < -0.3 is 5.32 Å². The zero-order valence-corrected chi connectivity index (χ0v) is 13.4. The summed E-state index contributed by atoms with van der Waals surface area (Å²) in [4.78, 5) is 4.58. The summed E-state index contributed by atoms with van der Waals surface area (Å²) in [7, 11) is 0. The number of rotatable bonds is 3. The number of hydrogen-bond acceptors (Lipinski definition) is 2. The van der Waals surface area contributed by atoms with E-state index >= 15 is 0 Å². The van der Waals surface area contributed by atoms with E-state index in [-0.39, 0.29) is 0 Å². The number of anilines is 1. The molecule has 3 heteroatoms. The Balaban J connectivity index is 1.93. The Morgan fingerprint density at radius 1 is 1.05 bits per heavy atom. The van der Waals surface area contributed by atoms with Crippen LogP contribution in [0.2, 0.25) is 0 Å². The molecule has 0 saturated heterocycles. The van der Waals surface area contributed by atoms with Gasteiger partial charge >= 0.3 is 0 Å². The Hall–Kier alpha value is -1.62. The minimum Gasteiger partial charge on any atom is -0.380 e. The molecule has 2 nitrogen and oxygen atoms in total. The highest BCUT2D eigenvalue weighted by Gasteiger charge is 2.04. The van der Waals surface area contributed by atoms with Crippen LogP contribution in [0.1, 0.15) is 11.3 Å². The lowest BCUT2D eigenvalue weighted by molar-refractivity contribution is 1.13. The second-order valence-electron chi connectivity index (χ2n) is 4.77. The van der Waals surface area contributed by atoms with Gasteiger partial charge in [-0.2, -0.15) is 0 Å². The minimum absolute atomic E-state index is 0.809. The first-order valence-electron chi connectivity index (χ1n) is 6.58. The van der Waals surface area contributed by atoms with Crippen molar-refractivity contribution in [1.82, 2.24) is 4.98 Å². The van der Waals surface area contributed by atoms with E-state index in [1.165, 1.54) is 20.2 Å². The van der Waals surface area contributed by atoms with Crippen LogP contribution in [0.15, 0.2) is 54.6 Å². The number of aryl methyl sites for hydroxylation is 1. The van der Waals surface area contributed by atoms with Crippen LogP contribution in [0, 0.1) is 10.5 Å². The summed E-state index contributed by atoms with van der Waals surface area (Å²) in [6.45, 7) is 2.85. The third kappa shape index (κ3) is 2.77. The summed E-state index contributed by atoms with van der Waals surface area (Å²) in [5.41, 5.74) is 4.58. The lowest BCUT2D eigenvalue weighted by Gasteiger charge is -2.11. The number of benzene rings is 2. The standard InChI is InChI=1S/C17H15IN2/c1-12-10-13(14-6-2-4-8-16(14)20-12)11-19-17-9-5-3-7-15(17)18/h2-10,19H,11H2,1H3. The van der Waals surface area contributed by atoms with Crippen molar-refractivity contribution >= 4 is 39.2 Å². The number of fused-ring (bicyclic) bond motifs is 1. The number of nitrogens with one attached hydrogen (secondary N) is 1. The van der Waals surface area contributed by atoms with Crippen LogP contribution < -0.4 is 5.32 Å². The minimum atomic E-state index is 0.809. The lowest BCUT2D eigenvalue weighted by Crippen LogP contribution is -2.02. The van der Waals surface area contributed by atoms with Gasteiger partial charge in [-0.1, -0.05) is 30.3 Å². The van der Waals surface area contributed by atoms with Gasteiger partial charge in [0.05, 0.1) is 5.52 Å². The number of pyridine rings is 1. The molecular formula is C17H15IN2. The number of halogens is 1. The van der Waals surface area contributed by atoms with E-state index in [4.69, 9.17) is 0 Å². The fraction of sp³-hybridized carbons (Fsp3) is 0.118. The first kappa shape index (κ1) is 13.4. The van der Waals surface area contributed by atoms with Crippen LogP contribution in [0.4, 0.5) is 5.69 Å². The SMILES string of the molecule is Cc1cc(CNc2ccccc2I)c2ccccc2n1. The Bertz CT molecular complexity index is 753. The monoisotopic (exact) mass is 374 g/mol. The van der Waals surface area contributed by atoms with Gasteiger partial charge in [0, 0.05) is 26.9 Å². The van der Waals surface area contributed by atoms with Gasteiger partial charge in [-0.25, -0.2) is 0 Å². The van der Waals surface area contributed by atoms with Crippen LogP contribution in [-0.2, 0) is 6.54 Å². The highest BCUT2D eigenvalue weighted by Crippen LogP contribution is 2.21. The summed E-state index contributed by atoms with van der Waals surface area (Å²) in [5, 5.41) is 4.73. The maximum Gasteiger partial charge on any atom is 0.0708 e. The summed E-state index contributed by atoms with van der Waals surface area (Å²) in [6, 6.07) is 18.8. The zero-order chi connectivity index (χ0) is 13.9. The molecule has 0 spiro atoms. The van der Waals surface area contributed by atoms with E-state index in [1.54, 1.807) is 0 Å². The largest absolute Gasteiger partial charge is 0.380 e. The molecule has 2 aromatic carbocycles. The van der Waals surface area contributed by atoms with Crippen LogP contribution >= 0.6 is 22.6 Å². The molecule has 3 rings (SSSR count). The molecule has 20 heavy (non-hydrogen) atoms. The van der Waals surface area contributed by atoms with Crippen LogP contribution in [-0.4, -0.2) is 4.98 Å². The van der Waals surface area contributed by atoms with E-state index in [0.717, 1.165) is 17.8 Å². The maximum absolute atomic E-state index is 4.58. The highest BCUT2D eigenvalue weighted by atomic mass is 127. The quantitative estimate of drug-likeness (QED) is 0.669. The van der Waals surface area contributed by atoms with E-state index in [0.29, 0.717) is 0 Å². The average Bonchev–Trinajstić information content (AvgIpc) is 2.46. The second kappa shape index (κ2) is 5.79. The zero-order valence-electron chi connectivity index (χ0n) is 11.2. The fourth-order valence-electron chi connectivity index (χ4n) is 2.34. The van der Waals surface area contributed by atoms with Crippen molar-refractivity contribution in [3.8, 4) is 0 Å². The van der Waals surface area contributed by atoms with Crippen molar-refractivity contribution in [1.29, 1.82) is 0 Å². The molecule has 1 aromatic heterocycles. The van der Waals surface area contributed by atoms with Crippen LogP contribution in [0.25, 0.3) is 10.9 Å². The van der Waals surface area contributed by atoms with Gasteiger partial charge in [-0.3, -0.25) is 4.98 Å². The van der Waals surface area contributed by atoms with Crippen molar-refractivity contribution in [2.45, 2.75) is 13.5 Å². The van der Waals surface area contributed by atoms with Crippen molar-refractivity contribution < 1.29 is 0 Å². The number of para-hydroxylation sites is 2. The molecule has 0 aliphatic carbocycles. The molecule has 3 aromatic rings. The van der Waals surface area contributed by atoms with Gasteiger partial charge in [0.1, 0.15) is 0 Å². The van der Waals surface area contributed by atoms with Crippen molar-refractivity contribution in [2.75, 3.05) is 5.32 Å². The number of nitrogens with zero attached hydrogens (tertiary/aromatic N) is 1. The topological polar surface area (TPSA) is 24.9 Å². The Morgan fingerprint density at radius 2 is 1.80 bits per heavy atom. The molecule has 0 saturated carbocycles. The predicted molar refractivity (Wildman–Crippen MR) is 93.0 cm³/mol. The van der Waals surface area contributed by atoms with Crippen LogP contribution in [0.3, 0.4) is 0 Å². The van der Waals surface area contributed by atoms with Crippen LogP contribution in [0.5, 0.6) is 0 Å². The average molecular weight is 374 g/mol. The maximum atomic E-state index is 4.58. The van der Waals surface area contributed by atoms with Crippen molar-refractivity contribution in [3.05, 3.63) is 69.4 Å². The van der Waals surface area contributed by atoms with Gasteiger partial charge in [0.15, 0.2) is 0 Å². The molecule has 1 heterocycles. The molecular weight excluding hydrogens is 359 g/mol. The first-order chi connectivity index (χ1) is 9.74. The van der Waals surface area contributed by atoms with Gasteiger partial charge in [0.2, 0.25) is 0 Å². The van der Waals surface area contributed by atoms with Crippen molar-refractivity contribution in [3.63, 3.8) is 0 Å². The summed E-state index contributed by atoms with van der Waals surface area (Å²) in [6.07, 6.45) is 0. The third-order valence-corrected chi connectivity index (χ3v) is 4.21. The van der Waals surface area contributed by atoms with Gasteiger partial charge in [-0.05, 0) is 59.3 Å². The predicted octanol–water partition coefficient (Wildman–Crippen LogP) is 4.76.